The van der Waals surface area contributed by atoms with E-state index in [9.17, 15) is 9.59 Å². The van der Waals surface area contributed by atoms with Crippen molar-refractivity contribution in [3.8, 4) is 0 Å². The van der Waals surface area contributed by atoms with Gasteiger partial charge in [0.15, 0.2) is 0 Å². The van der Waals surface area contributed by atoms with E-state index in [4.69, 9.17) is 11.7 Å². The van der Waals surface area contributed by atoms with Gasteiger partial charge >= 0.3 is 0 Å². The number of hydrogen-bond donors (Lipinski definition) is 5. The van der Waals surface area contributed by atoms with Gasteiger partial charge in [-0.15, -0.1) is 0 Å². The predicted molar refractivity (Wildman–Crippen MR) is 82.6 cm³/mol. The van der Waals surface area contributed by atoms with Crippen LogP contribution in [-0.4, -0.2) is 21.8 Å². The molecule has 0 aliphatic rings. The van der Waals surface area contributed by atoms with Gasteiger partial charge in [-0.2, -0.15) is 0 Å². The van der Waals surface area contributed by atoms with E-state index in [1.807, 2.05) is 29.7 Å². The number of fused-ring (bicyclic) bond motifs is 1. The normalized spacial score (nSPS) is 11.5. The number of imidazole rings is 1. The number of hydrazine groups is 2. The van der Waals surface area contributed by atoms with Crippen LogP contribution in [0, 0.1) is 0 Å². The van der Waals surface area contributed by atoms with Gasteiger partial charge in [0.1, 0.15) is 5.82 Å². The van der Waals surface area contributed by atoms with E-state index in [2.05, 4.69) is 15.4 Å². The number of nitrogens with two attached hydrogens (primary N) is 2. The third-order valence-electron chi connectivity index (χ3n) is 3.15. The summed E-state index contributed by atoms with van der Waals surface area (Å²) in [7, 11) is 0. The minimum atomic E-state index is -0.409. The van der Waals surface area contributed by atoms with Crippen molar-refractivity contribution >= 4 is 28.9 Å². The average molecular weight is 302 g/mol. The van der Waals surface area contributed by atoms with Crippen molar-refractivity contribution in [3.05, 3.63) is 35.7 Å². The lowest BCUT2D eigenvalue weighted by molar-refractivity contribution is -0.121. The van der Waals surface area contributed by atoms with Crippen LogP contribution >= 0.6 is 0 Å². The molecule has 0 atom stereocenters. The van der Waals surface area contributed by atoms with Crippen LogP contribution in [0.5, 0.6) is 0 Å². The van der Waals surface area contributed by atoms with Crippen LogP contribution in [0.25, 0.3) is 17.1 Å². The molecule has 0 fully saturated rings. The van der Waals surface area contributed by atoms with Gasteiger partial charge in [-0.1, -0.05) is 12.1 Å². The van der Waals surface area contributed by atoms with Crippen LogP contribution < -0.4 is 22.5 Å². The first kappa shape index (κ1) is 15.7. The Morgan fingerprint density at radius 2 is 1.95 bits per heavy atom. The van der Waals surface area contributed by atoms with Crippen molar-refractivity contribution in [2.75, 3.05) is 0 Å². The van der Waals surface area contributed by atoms with Gasteiger partial charge in [0.2, 0.25) is 5.91 Å². The maximum atomic E-state index is 11.8. The third kappa shape index (κ3) is 3.90. The Balaban J connectivity index is 2.16. The van der Waals surface area contributed by atoms with Gasteiger partial charge in [-0.25, -0.2) is 16.7 Å². The number of nitrogens with zero attached hydrogens (tertiary/aromatic N) is 1. The van der Waals surface area contributed by atoms with Crippen LogP contribution in [0.3, 0.4) is 0 Å². The van der Waals surface area contributed by atoms with Crippen LogP contribution in [-0.2, 0) is 9.59 Å². The minimum absolute atomic E-state index is 0.228. The number of carbonyl (C=O) groups is 2. The summed E-state index contributed by atoms with van der Waals surface area (Å²) in [6.45, 7) is 0. The molecule has 22 heavy (non-hydrogen) atoms. The summed E-state index contributed by atoms with van der Waals surface area (Å²) < 4.78 is 0. The molecule has 0 saturated carbocycles. The molecule has 2 aromatic rings. The number of para-hydroxylation sites is 2. The summed E-state index contributed by atoms with van der Waals surface area (Å²) >= 11 is 0. The molecule has 116 valence electrons. The summed E-state index contributed by atoms with van der Waals surface area (Å²) in [5.74, 6) is 10.1. The van der Waals surface area contributed by atoms with E-state index < -0.39 is 5.91 Å². The van der Waals surface area contributed by atoms with Gasteiger partial charge < -0.3 is 4.98 Å². The van der Waals surface area contributed by atoms with Crippen molar-refractivity contribution in [1.82, 2.24) is 20.8 Å². The zero-order valence-electron chi connectivity index (χ0n) is 11.9. The fraction of sp³-hybridized carbons (Fsp3) is 0.214. The molecule has 8 nitrogen and oxygen atoms in total. The highest BCUT2D eigenvalue weighted by Gasteiger charge is 2.10. The van der Waals surface area contributed by atoms with Crippen molar-refractivity contribution in [3.63, 3.8) is 0 Å². The molecular weight excluding hydrogens is 284 g/mol. The highest BCUT2D eigenvalue weighted by atomic mass is 16.2. The summed E-state index contributed by atoms with van der Waals surface area (Å²) in [5.41, 5.74) is 6.27. The first-order valence-electron chi connectivity index (χ1n) is 6.79. The lowest BCUT2D eigenvalue weighted by atomic mass is 10.1. The largest absolute Gasteiger partial charge is 0.338 e. The molecule has 0 aliphatic carbocycles. The Morgan fingerprint density at radius 3 is 2.64 bits per heavy atom. The van der Waals surface area contributed by atoms with Crippen LogP contribution in [0.2, 0.25) is 0 Å². The second kappa shape index (κ2) is 7.34. The van der Waals surface area contributed by atoms with E-state index in [1.54, 1.807) is 6.08 Å². The average Bonchev–Trinajstić information content (AvgIpc) is 2.95. The summed E-state index contributed by atoms with van der Waals surface area (Å²) in [4.78, 5) is 30.4. The van der Waals surface area contributed by atoms with Crippen LogP contribution in [0.15, 0.2) is 29.8 Å². The number of rotatable bonds is 6. The highest BCUT2D eigenvalue weighted by molar-refractivity contribution is 5.97. The maximum absolute atomic E-state index is 11.8. The molecule has 0 bridgehead atoms. The number of amides is 2. The number of benzene rings is 1. The molecule has 0 unspecified atom stereocenters. The second-order valence-electron chi connectivity index (χ2n) is 4.70. The quantitative estimate of drug-likeness (QED) is 0.223. The smallest absolute Gasteiger partial charge is 0.261 e. The van der Waals surface area contributed by atoms with Gasteiger partial charge in [0.05, 0.1) is 11.0 Å². The van der Waals surface area contributed by atoms with Crippen LogP contribution in [0.4, 0.5) is 0 Å². The number of aromatic nitrogens is 2. The zero-order valence-corrected chi connectivity index (χ0v) is 11.9. The van der Waals surface area contributed by atoms with Crippen molar-refractivity contribution in [1.29, 1.82) is 0 Å². The molecule has 0 radical (unpaired) electrons. The molecule has 2 rings (SSSR count). The molecule has 8 heteroatoms. The van der Waals surface area contributed by atoms with Gasteiger partial charge in [0, 0.05) is 12.0 Å². The fourth-order valence-corrected chi connectivity index (χ4v) is 2.06. The molecule has 7 N–H and O–H groups in total. The first-order valence-corrected chi connectivity index (χ1v) is 6.79. The van der Waals surface area contributed by atoms with Crippen molar-refractivity contribution in [2.24, 2.45) is 11.7 Å². The summed E-state index contributed by atoms with van der Waals surface area (Å²) in [6.07, 6.45) is 2.71. The van der Waals surface area contributed by atoms with E-state index in [0.717, 1.165) is 11.0 Å². The second-order valence-corrected chi connectivity index (χ2v) is 4.70. The van der Waals surface area contributed by atoms with E-state index >= 15 is 0 Å². The number of hydrogen-bond acceptors (Lipinski definition) is 5. The molecule has 0 aliphatic heterocycles. The Labute approximate surface area is 126 Å². The third-order valence-corrected chi connectivity index (χ3v) is 3.15. The van der Waals surface area contributed by atoms with Gasteiger partial charge in [0.25, 0.3) is 5.91 Å². The SMILES string of the molecule is NNC(=O)CCCC(=Cc1nc2ccccc2[nH]1)C(=O)NN. The van der Waals surface area contributed by atoms with E-state index in [0.29, 0.717) is 24.2 Å². The fourth-order valence-electron chi connectivity index (χ4n) is 2.06. The Bertz CT molecular complexity index is 673. The highest BCUT2D eigenvalue weighted by Crippen LogP contribution is 2.15. The molecule has 0 spiro atoms. The molecule has 1 aromatic carbocycles. The number of H-pyrrole nitrogens is 1. The Morgan fingerprint density at radius 1 is 1.18 bits per heavy atom. The number of nitrogens with one attached hydrogen (secondary N) is 3. The molecule has 0 saturated heterocycles. The standard InChI is InChI=1S/C14H18N6O2/c15-19-13(21)7-3-4-9(14(22)20-16)8-12-17-10-5-1-2-6-11(10)18-12/h1-2,5-6,8H,3-4,7,15-16H2,(H,17,18)(H,19,21)(H,20,22). The summed E-state index contributed by atoms with van der Waals surface area (Å²) in [6, 6.07) is 7.55. The molecule has 1 aromatic heterocycles. The maximum Gasteiger partial charge on any atom is 0.261 e. The lowest BCUT2D eigenvalue weighted by Gasteiger charge is -2.05. The van der Waals surface area contributed by atoms with Gasteiger partial charge in [-0.05, 0) is 31.1 Å². The Kier molecular flexibility index (Phi) is 5.23. The molecular formula is C14H18N6O2. The minimum Gasteiger partial charge on any atom is -0.338 e. The van der Waals surface area contributed by atoms with Crippen molar-refractivity contribution in [2.45, 2.75) is 19.3 Å². The van der Waals surface area contributed by atoms with E-state index in [-0.39, 0.29) is 12.3 Å². The van der Waals surface area contributed by atoms with E-state index in [1.165, 1.54) is 0 Å². The van der Waals surface area contributed by atoms with Gasteiger partial charge in [-0.3, -0.25) is 20.4 Å². The Hall–Kier alpha value is -2.71. The van der Waals surface area contributed by atoms with Crippen molar-refractivity contribution < 1.29 is 9.59 Å². The monoisotopic (exact) mass is 302 g/mol. The molecule has 2 amide bonds. The topological polar surface area (TPSA) is 139 Å². The summed E-state index contributed by atoms with van der Waals surface area (Å²) in [5, 5.41) is 0. The lowest BCUT2D eigenvalue weighted by Crippen LogP contribution is -2.32. The predicted octanol–water partition coefficient (Wildman–Crippen LogP) is 0.0964. The number of aromatic amines is 1. The molecule has 1 heterocycles. The zero-order chi connectivity index (χ0) is 15.9. The van der Waals surface area contributed by atoms with Crippen LogP contribution in [0.1, 0.15) is 25.1 Å². The first-order chi connectivity index (χ1) is 10.6. The number of carbonyl (C=O) groups excluding carboxylic acids is 2.